The molecule has 158 valence electrons. The first-order valence-corrected chi connectivity index (χ1v) is 10.5. The smallest absolute Gasteiger partial charge is 0.237 e. The number of carbonyl (C=O) groups is 1. The number of piperazine rings is 1. The van der Waals surface area contributed by atoms with Crippen LogP contribution in [-0.2, 0) is 24.4 Å². The van der Waals surface area contributed by atoms with Crippen molar-refractivity contribution in [1.29, 1.82) is 0 Å². The molecule has 1 fully saturated rings. The van der Waals surface area contributed by atoms with Crippen LogP contribution in [-0.4, -0.2) is 53.6 Å². The molecule has 1 saturated heterocycles. The molecule has 0 unspecified atom stereocenters. The SMILES string of the molecule is COc1ccccc1CN1CCN(Cc2c(C)n(CC(N)=O)c3ccccc23)CC1. The van der Waals surface area contributed by atoms with E-state index in [1.54, 1.807) is 7.11 Å². The van der Waals surface area contributed by atoms with Crippen molar-refractivity contribution in [1.82, 2.24) is 14.4 Å². The summed E-state index contributed by atoms with van der Waals surface area (Å²) in [6.07, 6.45) is 0. The minimum absolute atomic E-state index is 0.221. The lowest BCUT2D eigenvalue weighted by atomic mass is 10.1. The number of nitrogens with two attached hydrogens (primary N) is 1. The van der Waals surface area contributed by atoms with Crippen molar-refractivity contribution in [2.24, 2.45) is 5.73 Å². The molecule has 0 spiro atoms. The number of rotatable bonds is 7. The number of hydrogen-bond donors (Lipinski definition) is 1. The minimum atomic E-state index is -0.310. The Bertz CT molecular complexity index is 1030. The summed E-state index contributed by atoms with van der Waals surface area (Å²) in [6.45, 7) is 8.20. The quantitative estimate of drug-likeness (QED) is 0.655. The topological polar surface area (TPSA) is 63.7 Å². The van der Waals surface area contributed by atoms with Crippen molar-refractivity contribution in [3.8, 4) is 5.75 Å². The molecule has 30 heavy (non-hydrogen) atoms. The van der Waals surface area contributed by atoms with Crippen molar-refractivity contribution in [2.75, 3.05) is 33.3 Å². The molecule has 3 aromatic rings. The number of aromatic nitrogens is 1. The van der Waals surface area contributed by atoms with Crippen LogP contribution in [0.1, 0.15) is 16.8 Å². The highest BCUT2D eigenvalue weighted by molar-refractivity contribution is 5.87. The fourth-order valence-corrected chi connectivity index (χ4v) is 4.47. The van der Waals surface area contributed by atoms with E-state index in [0.717, 1.165) is 56.2 Å². The van der Waals surface area contributed by atoms with Crippen LogP contribution in [0, 0.1) is 6.92 Å². The van der Waals surface area contributed by atoms with Gasteiger partial charge in [-0.3, -0.25) is 14.6 Å². The first kappa shape index (κ1) is 20.4. The molecule has 0 aliphatic carbocycles. The van der Waals surface area contributed by atoms with Crippen molar-refractivity contribution in [3.05, 3.63) is 65.4 Å². The second kappa shape index (κ2) is 8.90. The van der Waals surface area contributed by atoms with Crippen molar-refractivity contribution in [2.45, 2.75) is 26.6 Å². The van der Waals surface area contributed by atoms with Gasteiger partial charge in [-0.05, 0) is 24.6 Å². The standard InChI is InChI=1S/C24H30N4O2/c1-18-21(20-8-4-5-9-22(20)28(18)17-24(25)29)16-27-13-11-26(12-14-27)15-19-7-3-6-10-23(19)30-2/h3-10H,11-17H2,1-2H3,(H2,25,29). The molecule has 0 radical (unpaired) electrons. The summed E-state index contributed by atoms with van der Waals surface area (Å²) < 4.78 is 7.55. The maximum Gasteiger partial charge on any atom is 0.237 e. The number of benzene rings is 2. The maximum atomic E-state index is 11.6. The molecule has 2 aromatic carbocycles. The molecular weight excluding hydrogens is 376 g/mol. The normalized spacial score (nSPS) is 15.5. The summed E-state index contributed by atoms with van der Waals surface area (Å²) in [6, 6.07) is 16.5. The van der Waals surface area contributed by atoms with Gasteiger partial charge in [0.05, 0.1) is 7.11 Å². The number of hydrogen-bond acceptors (Lipinski definition) is 4. The van der Waals surface area contributed by atoms with Crippen molar-refractivity contribution in [3.63, 3.8) is 0 Å². The van der Waals surface area contributed by atoms with E-state index in [0.29, 0.717) is 0 Å². The Balaban J connectivity index is 1.45. The largest absolute Gasteiger partial charge is 0.496 e. The molecule has 6 heteroatoms. The number of para-hydroxylation sites is 2. The Labute approximate surface area is 177 Å². The molecule has 4 rings (SSSR count). The molecule has 1 aromatic heterocycles. The van der Waals surface area contributed by atoms with E-state index in [1.165, 1.54) is 16.5 Å². The predicted octanol–water partition coefficient (Wildman–Crippen LogP) is 2.76. The fraction of sp³-hybridized carbons (Fsp3) is 0.375. The lowest BCUT2D eigenvalue weighted by Gasteiger charge is -2.35. The summed E-state index contributed by atoms with van der Waals surface area (Å²) in [7, 11) is 1.73. The van der Waals surface area contributed by atoms with E-state index in [1.807, 2.05) is 22.8 Å². The highest BCUT2D eigenvalue weighted by Crippen LogP contribution is 2.28. The first-order valence-electron chi connectivity index (χ1n) is 10.5. The monoisotopic (exact) mass is 406 g/mol. The van der Waals surface area contributed by atoms with Gasteiger partial charge in [0.15, 0.2) is 0 Å². The van der Waals surface area contributed by atoms with E-state index < -0.39 is 0 Å². The summed E-state index contributed by atoms with van der Waals surface area (Å²) in [5.74, 6) is 0.646. The summed E-state index contributed by atoms with van der Waals surface area (Å²) in [5.41, 5.74) is 10.2. The Morgan fingerprint density at radius 2 is 1.60 bits per heavy atom. The van der Waals surface area contributed by atoms with Gasteiger partial charge in [-0.2, -0.15) is 0 Å². The number of carbonyl (C=O) groups excluding carboxylic acids is 1. The van der Waals surface area contributed by atoms with Crippen LogP contribution in [0.15, 0.2) is 48.5 Å². The lowest BCUT2D eigenvalue weighted by molar-refractivity contribution is -0.118. The van der Waals surface area contributed by atoms with Crippen LogP contribution >= 0.6 is 0 Å². The third-order valence-corrected chi connectivity index (χ3v) is 6.11. The number of nitrogens with zero attached hydrogens (tertiary/aromatic N) is 3. The molecule has 0 atom stereocenters. The van der Waals surface area contributed by atoms with Gasteiger partial charge in [0.2, 0.25) is 5.91 Å². The number of primary amides is 1. The average molecular weight is 407 g/mol. The van der Waals surface area contributed by atoms with Gasteiger partial charge in [-0.25, -0.2) is 0 Å². The van der Waals surface area contributed by atoms with Crippen LogP contribution in [0.2, 0.25) is 0 Å². The number of ether oxygens (including phenoxy) is 1. The second-order valence-corrected chi connectivity index (χ2v) is 8.00. The van der Waals surface area contributed by atoms with Crippen LogP contribution in [0.25, 0.3) is 10.9 Å². The zero-order valence-electron chi connectivity index (χ0n) is 17.8. The summed E-state index contributed by atoms with van der Waals surface area (Å²) in [5, 5.41) is 1.22. The Kier molecular flexibility index (Phi) is 6.06. The third kappa shape index (κ3) is 4.20. The highest BCUT2D eigenvalue weighted by Gasteiger charge is 2.21. The number of methoxy groups -OCH3 is 1. The van der Waals surface area contributed by atoms with Crippen molar-refractivity contribution < 1.29 is 9.53 Å². The molecule has 1 amide bonds. The van der Waals surface area contributed by atoms with Gasteiger partial charge in [0, 0.05) is 61.4 Å². The Morgan fingerprint density at radius 1 is 0.967 bits per heavy atom. The van der Waals surface area contributed by atoms with E-state index >= 15 is 0 Å². The van der Waals surface area contributed by atoms with Crippen LogP contribution < -0.4 is 10.5 Å². The van der Waals surface area contributed by atoms with Gasteiger partial charge in [0.25, 0.3) is 0 Å². The Hall–Kier alpha value is -2.83. The molecule has 0 saturated carbocycles. The van der Waals surface area contributed by atoms with Crippen LogP contribution in [0.3, 0.4) is 0 Å². The number of amides is 1. The zero-order chi connectivity index (χ0) is 21.1. The van der Waals surface area contributed by atoms with Gasteiger partial charge >= 0.3 is 0 Å². The predicted molar refractivity (Wildman–Crippen MR) is 119 cm³/mol. The van der Waals surface area contributed by atoms with E-state index in [4.69, 9.17) is 10.5 Å². The van der Waals surface area contributed by atoms with Gasteiger partial charge < -0.3 is 15.0 Å². The van der Waals surface area contributed by atoms with Gasteiger partial charge in [-0.15, -0.1) is 0 Å². The summed E-state index contributed by atoms with van der Waals surface area (Å²) in [4.78, 5) is 16.6. The molecular formula is C24H30N4O2. The molecule has 1 aliphatic rings. The molecule has 2 N–H and O–H groups in total. The van der Waals surface area contributed by atoms with Crippen LogP contribution in [0.5, 0.6) is 5.75 Å². The molecule has 0 bridgehead atoms. The highest BCUT2D eigenvalue weighted by atomic mass is 16.5. The fourth-order valence-electron chi connectivity index (χ4n) is 4.47. The molecule has 2 heterocycles. The first-order chi connectivity index (χ1) is 14.6. The second-order valence-electron chi connectivity index (χ2n) is 8.00. The van der Waals surface area contributed by atoms with Crippen molar-refractivity contribution >= 4 is 16.8 Å². The Morgan fingerprint density at radius 3 is 2.30 bits per heavy atom. The average Bonchev–Trinajstić information content (AvgIpc) is 3.01. The van der Waals surface area contributed by atoms with E-state index in [9.17, 15) is 4.79 Å². The van der Waals surface area contributed by atoms with E-state index in [-0.39, 0.29) is 12.5 Å². The maximum absolute atomic E-state index is 11.6. The number of fused-ring (bicyclic) bond motifs is 1. The van der Waals surface area contributed by atoms with E-state index in [2.05, 4.69) is 47.1 Å². The summed E-state index contributed by atoms with van der Waals surface area (Å²) >= 11 is 0. The molecule has 1 aliphatic heterocycles. The van der Waals surface area contributed by atoms with Crippen LogP contribution in [0.4, 0.5) is 0 Å². The lowest BCUT2D eigenvalue weighted by Crippen LogP contribution is -2.45. The molecule has 6 nitrogen and oxygen atoms in total. The van der Waals surface area contributed by atoms with Gasteiger partial charge in [-0.1, -0.05) is 36.4 Å². The minimum Gasteiger partial charge on any atom is -0.496 e. The zero-order valence-corrected chi connectivity index (χ0v) is 17.8. The van der Waals surface area contributed by atoms with Gasteiger partial charge in [0.1, 0.15) is 12.3 Å². The third-order valence-electron chi connectivity index (χ3n) is 6.11.